The molecular formula is C39H39Cl2FN6O4. The zero-order chi connectivity index (χ0) is 36.4. The number of ether oxygens (including phenoxy) is 1. The highest BCUT2D eigenvalue weighted by molar-refractivity contribution is 6.39. The molecule has 3 amide bonds. The number of methoxy groups -OCH3 is 1. The topological polar surface area (TPSA) is 125 Å². The summed E-state index contributed by atoms with van der Waals surface area (Å²) in [5, 5.41) is 13.2. The van der Waals surface area contributed by atoms with Crippen molar-refractivity contribution in [2.75, 3.05) is 33.3 Å². The van der Waals surface area contributed by atoms with Gasteiger partial charge in [-0.3, -0.25) is 19.4 Å². The maximum absolute atomic E-state index is 15.6. The number of halogens is 3. The molecule has 0 bridgehead atoms. The highest BCUT2D eigenvalue weighted by atomic mass is 35.5. The second kappa shape index (κ2) is 15.6. The number of aromatic nitrogens is 1. The first-order chi connectivity index (χ1) is 25.2. The van der Waals surface area contributed by atoms with Crippen molar-refractivity contribution in [1.29, 1.82) is 0 Å². The number of pyridine rings is 1. The van der Waals surface area contributed by atoms with E-state index in [0.717, 1.165) is 24.0 Å². The largest absolute Gasteiger partial charge is 0.496 e. The van der Waals surface area contributed by atoms with Crippen molar-refractivity contribution in [2.24, 2.45) is 0 Å². The van der Waals surface area contributed by atoms with Crippen LogP contribution in [0.1, 0.15) is 47.2 Å². The molecule has 0 aliphatic carbocycles. The van der Waals surface area contributed by atoms with Gasteiger partial charge in [0.25, 0.3) is 5.91 Å². The zero-order valence-corrected chi connectivity index (χ0v) is 30.2. The van der Waals surface area contributed by atoms with Gasteiger partial charge in [0.15, 0.2) is 0 Å². The number of hydrogen-bond donors (Lipinski definition) is 4. The standard InChI is InChI=1S/C39H39Cl2FN6O4/c1-52-33-17-23(16-32(42)31(33)20-44-19-26-7-10-35(50)47-26)27-3-2-4-29(36(27)40)30-11-12-45-38(37(30)41)22-5-8-28-24(15-22)21-48(39(28)51)14-13-43-18-25-6-9-34(49)46-25/h2-5,8,11-12,15-17,25-26,43-44H,6-7,9-10,13-14,18-21H2,1H3,(H,46,49)(H,47,50)/t25-,26+/m0/s1. The minimum absolute atomic E-state index is 0.0228. The van der Waals surface area contributed by atoms with Crippen molar-refractivity contribution >= 4 is 40.9 Å². The maximum Gasteiger partial charge on any atom is 0.254 e. The van der Waals surface area contributed by atoms with Gasteiger partial charge in [-0.15, -0.1) is 0 Å². The molecule has 10 nitrogen and oxygen atoms in total. The molecule has 7 rings (SSSR count). The van der Waals surface area contributed by atoms with Gasteiger partial charge in [-0.2, -0.15) is 0 Å². The number of nitrogens with zero attached hydrogens (tertiary/aromatic N) is 2. The van der Waals surface area contributed by atoms with Crippen LogP contribution in [-0.4, -0.2) is 73.0 Å². The Hall–Kier alpha value is -4.55. The maximum atomic E-state index is 15.6. The van der Waals surface area contributed by atoms with E-state index >= 15 is 4.39 Å². The van der Waals surface area contributed by atoms with Crippen LogP contribution in [-0.2, 0) is 22.7 Å². The van der Waals surface area contributed by atoms with Crippen LogP contribution in [0.15, 0.2) is 60.8 Å². The third-order valence-electron chi connectivity index (χ3n) is 9.93. The molecule has 1 aromatic heterocycles. The van der Waals surface area contributed by atoms with Crippen LogP contribution in [0.5, 0.6) is 5.75 Å². The molecule has 4 N–H and O–H groups in total. The van der Waals surface area contributed by atoms with Crippen LogP contribution < -0.4 is 26.0 Å². The lowest BCUT2D eigenvalue weighted by atomic mass is 9.96. The Morgan fingerprint density at radius 3 is 2.29 bits per heavy atom. The Bertz CT molecular complexity index is 2040. The lowest BCUT2D eigenvalue weighted by molar-refractivity contribution is -0.120. The summed E-state index contributed by atoms with van der Waals surface area (Å²) in [6.07, 6.45) is 4.31. The van der Waals surface area contributed by atoms with E-state index in [1.54, 1.807) is 18.3 Å². The second-order valence-corrected chi connectivity index (χ2v) is 14.1. The molecule has 0 spiro atoms. The summed E-state index contributed by atoms with van der Waals surface area (Å²) >= 11 is 14.1. The molecule has 0 unspecified atom stereocenters. The van der Waals surface area contributed by atoms with Crippen molar-refractivity contribution in [3.05, 3.63) is 93.3 Å². The van der Waals surface area contributed by atoms with Crippen molar-refractivity contribution in [1.82, 2.24) is 31.2 Å². The summed E-state index contributed by atoms with van der Waals surface area (Å²) in [4.78, 5) is 42.5. The van der Waals surface area contributed by atoms with Gasteiger partial charge in [0.1, 0.15) is 11.6 Å². The minimum atomic E-state index is -0.438. The molecule has 0 saturated carbocycles. The highest BCUT2D eigenvalue weighted by Gasteiger charge is 2.28. The predicted molar refractivity (Wildman–Crippen MR) is 199 cm³/mol. The van der Waals surface area contributed by atoms with Crippen LogP contribution in [0.25, 0.3) is 33.5 Å². The summed E-state index contributed by atoms with van der Waals surface area (Å²) in [6.45, 7) is 3.09. The van der Waals surface area contributed by atoms with E-state index < -0.39 is 5.82 Å². The molecule has 13 heteroatoms. The van der Waals surface area contributed by atoms with Gasteiger partial charge in [-0.05, 0) is 54.3 Å². The number of amides is 3. The van der Waals surface area contributed by atoms with Gasteiger partial charge in [0, 0.05) is 104 Å². The number of carbonyl (C=O) groups is 3. The Labute approximate surface area is 311 Å². The summed E-state index contributed by atoms with van der Waals surface area (Å²) in [6, 6.07) is 16.3. The first kappa shape index (κ1) is 35.8. The number of rotatable bonds is 13. The first-order valence-corrected chi connectivity index (χ1v) is 18.2. The fraction of sp³-hybridized carbons (Fsp3) is 0.333. The Morgan fingerprint density at radius 2 is 1.58 bits per heavy atom. The fourth-order valence-corrected chi connectivity index (χ4v) is 7.83. The quantitative estimate of drug-likeness (QED) is 0.129. The van der Waals surface area contributed by atoms with E-state index in [0.29, 0.717) is 100 Å². The molecule has 2 saturated heterocycles. The Balaban J connectivity index is 1.07. The van der Waals surface area contributed by atoms with E-state index in [4.69, 9.17) is 27.9 Å². The van der Waals surface area contributed by atoms with Crippen molar-refractivity contribution < 1.29 is 23.5 Å². The molecule has 52 heavy (non-hydrogen) atoms. The van der Waals surface area contributed by atoms with Gasteiger partial charge < -0.3 is 30.9 Å². The number of nitrogens with one attached hydrogen (secondary N) is 4. The molecule has 270 valence electrons. The van der Waals surface area contributed by atoms with E-state index in [9.17, 15) is 14.4 Å². The number of fused-ring (bicyclic) bond motifs is 1. The third-order valence-corrected chi connectivity index (χ3v) is 10.7. The Kier molecular flexibility index (Phi) is 10.7. The van der Waals surface area contributed by atoms with Crippen molar-refractivity contribution in [2.45, 2.75) is 50.9 Å². The minimum Gasteiger partial charge on any atom is -0.496 e. The normalized spacial score (nSPS) is 18.2. The summed E-state index contributed by atoms with van der Waals surface area (Å²) in [5.74, 6) is 0.0394. The average Bonchev–Trinajstić information content (AvgIpc) is 3.84. The van der Waals surface area contributed by atoms with Crippen LogP contribution in [0.4, 0.5) is 4.39 Å². The van der Waals surface area contributed by atoms with E-state index in [2.05, 4.69) is 26.3 Å². The van der Waals surface area contributed by atoms with Crippen molar-refractivity contribution in [3.63, 3.8) is 0 Å². The molecule has 2 atom stereocenters. The van der Waals surface area contributed by atoms with Gasteiger partial charge in [-0.25, -0.2) is 4.39 Å². The molecule has 2 fully saturated rings. The first-order valence-electron chi connectivity index (χ1n) is 17.4. The highest BCUT2D eigenvalue weighted by Crippen LogP contribution is 2.43. The molecule has 4 heterocycles. The van der Waals surface area contributed by atoms with E-state index in [1.807, 2.05) is 41.3 Å². The van der Waals surface area contributed by atoms with E-state index in [-0.39, 0.29) is 36.3 Å². The van der Waals surface area contributed by atoms with Crippen LogP contribution in [0.3, 0.4) is 0 Å². The number of hydrogen-bond acceptors (Lipinski definition) is 7. The SMILES string of the molecule is COc1cc(-c2cccc(-c3ccnc(-c4ccc5c(c4)CN(CCNC[C@@H]4CCC(=O)N4)C5=O)c3Cl)c2Cl)cc(F)c1CNC[C@H]1CCC(=O)N1. The number of carbonyl (C=O) groups excluding carboxylic acids is 3. The van der Waals surface area contributed by atoms with Gasteiger partial charge in [-0.1, -0.05) is 47.5 Å². The van der Waals surface area contributed by atoms with Crippen LogP contribution in [0, 0.1) is 5.82 Å². The third kappa shape index (κ3) is 7.50. The monoisotopic (exact) mass is 744 g/mol. The van der Waals surface area contributed by atoms with E-state index in [1.165, 1.54) is 13.2 Å². The summed E-state index contributed by atoms with van der Waals surface area (Å²) < 4.78 is 21.2. The van der Waals surface area contributed by atoms with Gasteiger partial charge in [0.2, 0.25) is 11.8 Å². The smallest absolute Gasteiger partial charge is 0.254 e. The van der Waals surface area contributed by atoms with Gasteiger partial charge >= 0.3 is 0 Å². The van der Waals surface area contributed by atoms with Crippen LogP contribution >= 0.6 is 23.2 Å². The second-order valence-electron chi connectivity index (χ2n) is 13.4. The average molecular weight is 746 g/mol. The zero-order valence-electron chi connectivity index (χ0n) is 28.7. The molecule has 3 aliphatic heterocycles. The molecule has 3 aromatic carbocycles. The number of benzene rings is 3. The molecule has 4 aromatic rings. The lowest BCUT2D eigenvalue weighted by Gasteiger charge is -2.17. The fourth-order valence-electron chi connectivity index (χ4n) is 7.17. The van der Waals surface area contributed by atoms with Gasteiger partial charge in [0.05, 0.1) is 22.8 Å². The predicted octanol–water partition coefficient (Wildman–Crippen LogP) is 5.73. The lowest BCUT2D eigenvalue weighted by Crippen LogP contribution is -2.39. The van der Waals surface area contributed by atoms with Crippen molar-refractivity contribution in [3.8, 4) is 39.3 Å². The van der Waals surface area contributed by atoms with Crippen LogP contribution in [0.2, 0.25) is 10.0 Å². The molecular weight excluding hydrogens is 706 g/mol. The summed E-state index contributed by atoms with van der Waals surface area (Å²) in [7, 11) is 1.50. The Morgan fingerprint density at radius 1 is 0.865 bits per heavy atom. The molecule has 3 aliphatic rings. The molecule has 0 radical (unpaired) electrons. The summed E-state index contributed by atoms with van der Waals surface area (Å²) in [5.41, 5.74) is 5.73.